The molecule has 0 aliphatic heterocycles. The van der Waals surface area contributed by atoms with Gasteiger partial charge >= 0.3 is 5.97 Å². The number of hydrogen-bond acceptors (Lipinski definition) is 3. The Balaban J connectivity index is 2.29. The number of hydrogen-bond donors (Lipinski definition) is 1. The number of halogens is 2. The molecule has 0 radical (unpaired) electrons. The van der Waals surface area contributed by atoms with Crippen LogP contribution in [0.15, 0.2) is 45.5 Å². The van der Waals surface area contributed by atoms with Gasteiger partial charge in [-0.1, -0.05) is 28.1 Å². The van der Waals surface area contributed by atoms with E-state index in [4.69, 9.17) is 0 Å². The maximum atomic E-state index is 11.3. The van der Waals surface area contributed by atoms with Crippen molar-refractivity contribution in [2.75, 3.05) is 11.9 Å². The van der Waals surface area contributed by atoms with Crippen LogP contribution in [0.2, 0.25) is 0 Å². The molecule has 2 rings (SSSR count). The number of aromatic carboxylic acids is 1. The molecular formula is C14H12Br2N2O2. The Morgan fingerprint density at radius 1 is 1.30 bits per heavy atom. The van der Waals surface area contributed by atoms with Gasteiger partial charge in [-0.2, -0.15) is 0 Å². The van der Waals surface area contributed by atoms with Crippen LogP contribution in [0.3, 0.4) is 0 Å². The van der Waals surface area contributed by atoms with Crippen LogP contribution in [-0.4, -0.2) is 23.1 Å². The lowest BCUT2D eigenvalue weighted by atomic mass is 10.2. The van der Waals surface area contributed by atoms with Crippen LogP contribution >= 0.6 is 31.9 Å². The van der Waals surface area contributed by atoms with Gasteiger partial charge in [0.05, 0.1) is 0 Å². The lowest BCUT2D eigenvalue weighted by molar-refractivity contribution is 0.0697. The first kappa shape index (κ1) is 15.0. The molecule has 1 heterocycles. The van der Waals surface area contributed by atoms with Crippen LogP contribution in [0.5, 0.6) is 0 Å². The lowest BCUT2D eigenvalue weighted by Gasteiger charge is -2.20. The van der Waals surface area contributed by atoms with Gasteiger partial charge in [-0.3, -0.25) is 0 Å². The van der Waals surface area contributed by atoms with Crippen LogP contribution in [-0.2, 0) is 6.54 Å². The highest BCUT2D eigenvalue weighted by molar-refractivity contribution is 9.10. The van der Waals surface area contributed by atoms with Crippen LogP contribution in [0, 0.1) is 0 Å². The standard InChI is InChI=1S/C14H12Br2N2O2/c1-18(8-9-3-2-4-10(15)5-9)13-12(14(19)20)6-11(16)7-17-13/h2-7H,8H2,1H3,(H,19,20). The number of rotatable bonds is 4. The second-order valence-corrected chi connectivity index (χ2v) is 6.15. The molecule has 0 saturated heterocycles. The predicted molar refractivity (Wildman–Crippen MR) is 85.1 cm³/mol. The van der Waals surface area contributed by atoms with E-state index in [1.54, 1.807) is 12.3 Å². The Kier molecular flexibility index (Phi) is 4.77. The number of benzene rings is 1. The Morgan fingerprint density at radius 2 is 2.05 bits per heavy atom. The zero-order valence-electron chi connectivity index (χ0n) is 10.7. The van der Waals surface area contributed by atoms with E-state index in [1.165, 1.54) is 0 Å². The Hall–Kier alpha value is -1.40. The van der Waals surface area contributed by atoms with Crippen LogP contribution in [0.4, 0.5) is 5.82 Å². The summed E-state index contributed by atoms with van der Waals surface area (Å²) >= 11 is 6.66. The van der Waals surface area contributed by atoms with E-state index < -0.39 is 5.97 Å². The molecule has 0 spiro atoms. The van der Waals surface area contributed by atoms with E-state index in [1.807, 2.05) is 36.2 Å². The average Bonchev–Trinajstić information content (AvgIpc) is 2.38. The summed E-state index contributed by atoms with van der Waals surface area (Å²) < 4.78 is 1.64. The third-order valence-electron chi connectivity index (χ3n) is 2.73. The molecule has 104 valence electrons. The molecular weight excluding hydrogens is 388 g/mol. The molecule has 0 fully saturated rings. The fourth-order valence-electron chi connectivity index (χ4n) is 1.88. The van der Waals surface area contributed by atoms with Gasteiger partial charge in [-0.05, 0) is 39.7 Å². The summed E-state index contributed by atoms with van der Waals surface area (Å²) in [4.78, 5) is 17.3. The monoisotopic (exact) mass is 398 g/mol. The normalized spacial score (nSPS) is 10.3. The number of anilines is 1. The van der Waals surface area contributed by atoms with Gasteiger partial charge in [0.25, 0.3) is 0 Å². The molecule has 0 aliphatic carbocycles. The molecule has 1 aromatic heterocycles. The molecule has 0 unspecified atom stereocenters. The van der Waals surface area contributed by atoms with Crippen molar-refractivity contribution >= 4 is 43.6 Å². The summed E-state index contributed by atoms with van der Waals surface area (Å²) in [5.74, 6) is -0.546. The largest absolute Gasteiger partial charge is 0.478 e. The number of carbonyl (C=O) groups is 1. The maximum absolute atomic E-state index is 11.3. The molecule has 0 aliphatic rings. The van der Waals surface area contributed by atoms with E-state index in [0.29, 0.717) is 16.8 Å². The third kappa shape index (κ3) is 3.58. The van der Waals surface area contributed by atoms with Crippen LogP contribution in [0.25, 0.3) is 0 Å². The van der Waals surface area contributed by atoms with Gasteiger partial charge in [0.2, 0.25) is 0 Å². The van der Waals surface area contributed by atoms with Crippen molar-refractivity contribution in [1.29, 1.82) is 0 Å². The van der Waals surface area contributed by atoms with Crippen molar-refractivity contribution in [3.8, 4) is 0 Å². The van der Waals surface area contributed by atoms with Crippen LogP contribution in [0.1, 0.15) is 15.9 Å². The Labute approximate surface area is 133 Å². The number of carboxylic acid groups (broad SMARTS) is 1. The van der Waals surface area contributed by atoms with E-state index >= 15 is 0 Å². The highest BCUT2D eigenvalue weighted by Gasteiger charge is 2.16. The zero-order chi connectivity index (χ0) is 14.7. The van der Waals surface area contributed by atoms with Gasteiger partial charge in [0.1, 0.15) is 11.4 Å². The quantitative estimate of drug-likeness (QED) is 0.845. The maximum Gasteiger partial charge on any atom is 0.339 e. The summed E-state index contributed by atoms with van der Waals surface area (Å²) in [6.45, 7) is 0.578. The second kappa shape index (κ2) is 6.37. The molecule has 1 N–H and O–H groups in total. The van der Waals surface area contributed by atoms with Gasteiger partial charge < -0.3 is 10.0 Å². The topological polar surface area (TPSA) is 53.4 Å². The minimum absolute atomic E-state index is 0.178. The molecule has 0 amide bonds. The molecule has 0 saturated carbocycles. The first-order valence-corrected chi connectivity index (χ1v) is 7.40. The summed E-state index contributed by atoms with van der Waals surface area (Å²) in [6.07, 6.45) is 1.60. The van der Waals surface area contributed by atoms with Crippen molar-refractivity contribution in [2.24, 2.45) is 0 Å². The number of nitrogens with zero attached hydrogens (tertiary/aromatic N) is 2. The van der Waals surface area contributed by atoms with Crippen molar-refractivity contribution in [1.82, 2.24) is 4.98 Å². The Bertz CT molecular complexity index is 647. The summed E-state index contributed by atoms with van der Waals surface area (Å²) in [7, 11) is 1.82. The molecule has 6 heteroatoms. The number of aromatic nitrogens is 1. The predicted octanol–water partition coefficient (Wildman–Crippen LogP) is 3.94. The minimum atomic E-state index is -0.991. The van der Waals surface area contributed by atoms with Gasteiger partial charge in [0, 0.05) is 28.7 Å². The first-order valence-electron chi connectivity index (χ1n) is 5.82. The average molecular weight is 400 g/mol. The fraction of sp³-hybridized carbons (Fsp3) is 0.143. The number of pyridine rings is 1. The second-order valence-electron chi connectivity index (χ2n) is 4.32. The zero-order valence-corrected chi connectivity index (χ0v) is 13.8. The highest BCUT2D eigenvalue weighted by atomic mass is 79.9. The lowest BCUT2D eigenvalue weighted by Crippen LogP contribution is -2.20. The van der Waals surface area contributed by atoms with Crippen LogP contribution < -0.4 is 4.90 Å². The number of carboxylic acids is 1. The van der Waals surface area contributed by atoms with Crippen molar-refractivity contribution < 1.29 is 9.90 Å². The molecule has 0 bridgehead atoms. The summed E-state index contributed by atoms with van der Waals surface area (Å²) in [5.41, 5.74) is 1.25. The van der Waals surface area contributed by atoms with Gasteiger partial charge in [-0.25, -0.2) is 9.78 Å². The Morgan fingerprint density at radius 3 is 2.70 bits per heavy atom. The summed E-state index contributed by atoms with van der Waals surface area (Å²) in [5, 5.41) is 9.25. The molecule has 0 atom stereocenters. The van der Waals surface area contributed by atoms with Gasteiger partial charge in [0.15, 0.2) is 0 Å². The minimum Gasteiger partial charge on any atom is -0.478 e. The van der Waals surface area contributed by atoms with E-state index in [9.17, 15) is 9.90 Å². The third-order valence-corrected chi connectivity index (χ3v) is 3.66. The smallest absolute Gasteiger partial charge is 0.339 e. The SMILES string of the molecule is CN(Cc1cccc(Br)c1)c1ncc(Br)cc1C(=O)O. The summed E-state index contributed by atoms with van der Waals surface area (Å²) in [6, 6.07) is 9.43. The van der Waals surface area contributed by atoms with Crippen molar-refractivity contribution in [2.45, 2.75) is 6.54 Å². The molecule has 2 aromatic rings. The van der Waals surface area contributed by atoms with E-state index in [2.05, 4.69) is 36.8 Å². The van der Waals surface area contributed by atoms with Crippen molar-refractivity contribution in [3.05, 3.63) is 56.6 Å². The fourth-order valence-corrected chi connectivity index (χ4v) is 2.66. The highest BCUT2D eigenvalue weighted by Crippen LogP contribution is 2.23. The first-order chi connectivity index (χ1) is 9.47. The molecule has 4 nitrogen and oxygen atoms in total. The molecule has 20 heavy (non-hydrogen) atoms. The van der Waals surface area contributed by atoms with Gasteiger partial charge in [-0.15, -0.1) is 0 Å². The molecule has 1 aromatic carbocycles. The van der Waals surface area contributed by atoms with E-state index in [-0.39, 0.29) is 5.56 Å². The van der Waals surface area contributed by atoms with Crippen molar-refractivity contribution in [3.63, 3.8) is 0 Å². The van der Waals surface area contributed by atoms with E-state index in [0.717, 1.165) is 10.0 Å².